The van der Waals surface area contributed by atoms with E-state index in [1.54, 1.807) is 31.9 Å². The molecule has 0 radical (unpaired) electrons. The van der Waals surface area contributed by atoms with Gasteiger partial charge in [0.25, 0.3) is 5.56 Å². The van der Waals surface area contributed by atoms with Crippen molar-refractivity contribution in [3.8, 4) is 17.1 Å². The van der Waals surface area contributed by atoms with Gasteiger partial charge in [0, 0.05) is 24.4 Å². The first-order valence-corrected chi connectivity index (χ1v) is 9.32. The van der Waals surface area contributed by atoms with Gasteiger partial charge in [-0.25, -0.2) is 9.97 Å². The Bertz CT molecular complexity index is 1080. The Morgan fingerprint density at radius 3 is 2.54 bits per heavy atom. The maximum Gasteiger partial charge on any atom is 0.272 e. The minimum atomic E-state index is -0.102. The van der Waals surface area contributed by atoms with Crippen molar-refractivity contribution in [2.45, 2.75) is 40.2 Å². The predicted molar refractivity (Wildman–Crippen MR) is 109 cm³/mol. The van der Waals surface area contributed by atoms with Gasteiger partial charge < -0.3 is 9.47 Å². The highest BCUT2D eigenvalue weighted by Gasteiger charge is 2.20. The number of nitrogens with zero attached hydrogens (tertiary/aromatic N) is 4. The van der Waals surface area contributed by atoms with Gasteiger partial charge >= 0.3 is 0 Å². The Labute approximate surface area is 164 Å². The highest BCUT2D eigenvalue weighted by atomic mass is 16.5. The zero-order valence-electron chi connectivity index (χ0n) is 17.2. The second-order valence-electron chi connectivity index (χ2n) is 6.86. The van der Waals surface area contributed by atoms with Crippen LogP contribution in [-0.4, -0.2) is 40.3 Å². The standard InChI is InChI=1S/C21H26N4O3/c1-7-15(11-27-5)25-17-8-9-22-18(19(17)23-14(4)21(25)26)16-10-12(2)20(28-6)24-13(16)3/h8-10,15H,7,11H2,1-6H3. The maximum atomic E-state index is 12.9. The fourth-order valence-corrected chi connectivity index (χ4v) is 3.50. The quantitative estimate of drug-likeness (QED) is 0.650. The van der Waals surface area contributed by atoms with Crippen LogP contribution < -0.4 is 10.3 Å². The fourth-order valence-electron chi connectivity index (χ4n) is 3.50. The van der Waals surface area contributed by atoms with Crippen molar-refractivity contribution in [2.24, 2.45) is 0 Å². The maximum absolute atomic E-state index is 12.9. The van der Waals surface area contributed by atoms with Crippen molar-refractivity contribution >= 4 is 11.0 Å². The molecule has 0 aliphatic carbocycles. The lowest BCUT2D eigenvalue weighted by molar-refractivity contribution is 0.153. The van der Waals surface area contributed by atoms with Crippen molar-refractivity contribution in [1.82, 2.24) is 19.5 Å². The molecule has 3 aromatic rings. The Hall–Kier alpha value is -2.80. The third-order valence-electron chi connectivity index (χ3n) is 4.97. The van der Waals surface area contributed by atoms with Gasteiger partial charge in [0.05, 0.1) is 36.7 Å². The van der Waals surface area contributed by atoms with Crippen LogP contribution in [0, 0.1) is 20.8 Å². The monoisotopic (exact) mass is 382 g/mol. The van der Waals surface area contributed by atoms with E-state index in [-0.39, 0.29) is 11.6 Å². The fraction of sp³-hybridized carbons (Fsp3) is 0.429. The zero-order valence-corrected chi connectivity index (χ0v) is 17.2. The first kappa shape index (κ1) is 19.9. The van der Waals surface area contributed by atoms with Crippen molar-refractivity contribution in [1.29, 1.82) is 0 Å². The molecule has 0 spiro atoms. The molecular weight excluding hydrogens is 356 g/mol. The lowest BCUT2D eigenvalue weighted by Gasteiger charge is -2.21. The summed E-state index contributed by atoms with van der Waals surface area (Å²) in [6.07, 6.45) is 2.48. The molecule has 0 amide bonds. The molecule has 0 N–H and O–H groups in total. The van der Waals surface area contributed by atoms with E-state index in [0.717, 1.165) is 28.8 Å². The number of methoxy groups -OCH3 is 2. The highest BCUT2D eigenvalue weighted by molar-refractivity contribution is 5.90. The Morgan fingerprint density at radius 1 is 1.14 bits per heavy atom. The average Bonchev–Trinajstić information content (AvgIpc) is 2.69. The third kappa shape index (κ3) is 3.38. The summed E-state index contributed by atoms with van der Waals surface area (Å²) in [6, 6.07) is 3.76. The van der Waals surface area contributed by atoms with Crippen molar-refractivity contribution in [2.75, 3.05) is 20.8 Å². The van der Waals surface area contributed by atoms with Crippen LogP contribution in [0.25, 0.3) is 22.3 Å². The summed E-state index contributed by atoms with van der Waals surface area (Å²) in [5.41, 5.74) is 5.06. The number of hydrogen-bond donors (Lipinski definition) is 0. The number of pyridine rings is 2. The minimum absolute atomic E-state index is 0.0752. The van der Waals surface area contributed by atoms with Crippen LogP contribution in [0.1, 0.15) is 36.3 Å². The topological polar surface area (TPSA) is 79.1 Å². The molecule has 0 bridgehead atoms. The van der Waals surface area contributed by atoms with E-state index in [1.807, 2.05) is 32.9 Å². The largest absolute Gasteiger partial charge is 0.481 e. The molecule has 0 aromatic carbocycles. The van der Waals surface area contributed by atoms with Crippen LogP contribution in [0.4, 0.5) is 0 Å². The summed E-state index contributed by atoms with van der Waals surface area (Å²) < 4.78 is 12.5. The molecule has 7 heteroatoms. The van der Waals surface area contributed by atoms with E-state index in [4.69, 9.17) is 9.47 Å². The van der Waals surface area contributed by atoms with Crippen molar-refractivity contribution in [3.05, 3.63) is 45.6 Å². The SMILES string of the molecule is CCC(COC)n1c(=O)c(C)nc2c(-c3cc(C)c(OC)nc3C)nccc21. The van der Waals surface area contributed by atoms with E-state index in [1.165, 1.54) is 0 Å². The molecule has 0 saturated heterocycles. The van der Waals surface area contributed by atoms with Gasteiger partial charge in [0.15, 0.2) is 0 Å². The van der Waals surface area contributed by atoms with E-state index in [9.17, 15) is 4.79 Å². The van der Waals surface area contributed by atoms with Crippen LogP contribution in [0.15, 0.2) is 23.1 Å². The Balaban J connectivity index is 2.35. The molecular formula is C21H26N4O3. The van der Waals surface area contributed by atoms with Crippen LogP contribution >= 0.6 is 0 Å². The van der Waals surface area contributed by atoms with Gasteiger partial charge in [0.1, 0.15) is 11.2 Å². The molecule has 1 atom stereocenters. The first-order chi connectivity index (χ1) is 13.4. The average molecular weight is 382 g/mol. The molecule has 3 aromatic heterocycles. The molecule has 28 heavy (non-hydrogen) atoms. The Morgan fingerprint density at radius 2 is 1.89 bits per heavy atom. The molecule has 3 rings (SSSR count). The third-order valence-corrected chi connectivity index (χ3v) is 4.97. The minimum Gasteiger partial charge on any atom is -0.481 e. The second-order valence-corrected chi connectivity index (χ2v) is 6.86. The number of hydrogen-bond acceptors (Lipinski definition) is 6. The number of rotatable bonds is 6. The summed E-state index contributed by atoms with van der Waals surface area (Å²) in [5.74, 6) is 0.591. The number of ether oxygens (including phenoxy) is 2. The normalized spacial score (nSPS) is 12.4. The van der Waals surface area contributed by atoms with Gasteiger partial charge in [-0.3, -0.25) is 14.3 Å². The Kier molecular flexibility index (Phi) is 5.74. The van der Waals surface area contributed by atoms with Gasteiger partial charge in [-0.1, -0.05) is 6.92 Å². The highest BCUT2D eigenvalue weighted by Crippen LogP contribution is 2.31. The van der Waals surface area contributed by atoms with E-state index in [0.29, 0.717) is 29.4 Å². The lowest BCUT2D eigenvalue weighted by Crippen LogP contribution is -2.30. The molecule has 1 unspecified atom stereocenters. The van der Waals surface area contributed by atoms with E-state index < -0.39 is 0 Å². The summed E-state index contributed by atoms with van der Waals surface area (Å²) in [5, 5.41) is 0. The molecule has 0 aliphatic heterocycles. The second kappa shape index (κ2) is 8.06. The number of aryl methyl sites for hydroxylation is 3. The van der Waals surface area contributed by atoms with Gasteiger partial charge in [0.2, 0.25) is 5.88 Å². The molecule has 7 nitrogen and oxygen atoms in total. The summed E-state index contributed by atoms with van der Waals surface area (Å²) in [6.45, 7) is 8.09. The van der Waals surface area contributed by atoms with Gasteiger partial charge in [-0.2, -0.15) is 0 Å². The van der Waals surface area contributed by atoms with Crippen molar-refractivity contribution in [3.63, 3.8) is 0 Å². The number of aromatic nitrogens is 4. The summed E-state index contributed by atoms with van der Waals surface area (Å²) in [7, 11) is 3.25. The first-order valence-electron chi connectivity index (χ1n) is 9.32. The van der Waals surface area contributed by atoms with E-state index >= 15 is 0 Å². The van der Waals surface area contributed by atoms with Gasteiger partial charge in [-0.15, -0.1) is 0 Å². The van der Waals surface area contributed by atoms with Crippen LogP contribution in [0.5, 0.6) is 5.88 Å². The molecule has 3 heterocycles. The van der Waals surface area contributed by atoms with Crippen LogP contribution in [0.3, 0.4) is 0 Å². The summed E-state index contributed by atoms with van der Waals surface area (Å²) in [4.78, 5) is 26.6. The molecule has 0 aliphatic rings. The molecule has 148 valence electrons. The van der Waals surface area contributed by atoms with Crippen LogP contribution in [-0.2, 0) is 4.74 Å². The van der Waals surface area contributed by atoms with Gasteiger partial charge in [-0.05, 0) is 39.3 Å². The lowest BCUT2D eigenvalue weighted by atomic mass is 10.1. The number of fused-ring (bicyclic) bond motifs is 1. The molecule has 0 fully saturated rings. The predicted octanol–water partition coefficient (Wildman–Crippen LogP) is 3.38. The zero-order chi connectivity index (χ0) is 20.4. The smallest absolute Gasteiger partial charge is 0.272 e. The van der Waals surface area contributed by atoms with E-state index in [2.05, 4.69) is 15.0 Å². The van der Waals surface area contributed by atoms with Crippen molar-refractivity contribution < 1.29 is 9.47 Å². The summed E-state index contributed by atoms with van der Waals surface area (Å²) >= 11 is 0. The molecule has 0 saturated carbocycles. The van der Waals surface area contributed by atoms with Crippen LogP contribution in [0.2, 0.25) is 0 Å².